The van der Waals surface area contributed by atoms with E-state index >= 15 is 0 Å². The molecule has 0 saturated carbocycles. The maximum atomic E-state index is 14.9. The fraction of sp³-hybridized carbons (Fsp3) is 0.600. The molecule has 0 N–H and O–H groups in total. The average Bonchev–Trinajstić information content (AvgIpc) is 2.94. The van der Waals surface area contributed by atoms with Crippen LogP contribution in [0.5, 0.6) is 5.88 Å². The number of hydrogen-bond donors (Lipinski definition) is 0. The molecule has 178 valence electrons. The first-order chi connectivity index (χ1) is 15.3. The Hall–Kier alpha value is -2.47. The van der Waals surface area contributed by atoms with E-state index in [0.29, 0.717) is 13.0 Å². The van der Waals surface area contributed by atoms with E-state index in [1.54, 1.807) is 4.90 Å². The normalized spacial score (nSPS) is 24.4. The minimum absolute atomic E-state index is 0.0283. The number of aromatic nitrogens is 3. The number of carbonyl (C=O) groups is 1. The molecule has 0 radical (unpaired) electrons. The van der Waals surface area contributed by atoms with Gasteiger partial charge >= 0.3 is 6.09 Å². The standard InChI is InChI=1S/C20H23ClFN5O5S/c1-20(2,3)32-19(28)27-9-5-6-10(27)11-8-31-17-12-14(13(22)15(21)24-17)23-18(33(4,29)30)25-16(12)26(11)7-9/h9-11H,5-8H2,1-4H3/t9-,10+,11-/m1/s1. The third kappa shape index (κ3) is 3.63. The first-order valence-corrected chi connectivity index (χ1v) is 12.8. The van der Waals surface area contributed by atoms with Gasteiger partial charge in [-0.25, -0.2) is 27.6 Å². The number of fused-ring (bicyclic) bond motifs is 5. The van der Waals surface area contributed by atoms with E-state index in [1.807, 2.05) is 25.7 Å². The molecule has 0 aromatic carbocycles. The van der Waals surface area contributed by atoms with Gasteiger partial charge in [0.2, 0.25) is 20.9 Å². The van der Waals surface area contributed by atoms with Crippen molar-refractivity contribution in [2.45, 2.75) is 62.5 Å². The molecule has 3 atom stereocenters. The Labute approximate surface area is 195 Å². The zero-order valence-electron chi connectivity index (χ0n) is 18.5. The third-order valence-corrected chi connectivity index (χ3v) is 7.17. The molecule has 5 heterocycles. The van der Waals surface area contributed by atoms with Gasteiger partial charge in [0, 0.05) is 12.8 Å². The summed E-state index contributed by atoms with van der Waals surface area (Å²) in [6.07, 6.45) is 2.00. The van der Waals surface area contributed by atoms with Crippen LogP contribution in [0.2, 0.25) is 5.15 Å². The Balaban J connectivity index is 1.65. The van der Waals surface area contributed by atoms with E-state index in [0.717, 1.165) is 12.7 Å². The van der Waals surface area contributed by atoms with Gasteiger partial charge in [-0.3, -0.25) is 4.90 Å². The number of piperazine rings is 1. The number of hydrogen-bond acceptors (Lipinski definition) is 9. The molecule has 0 unspecified atom stereocenters. The highest BCUT2D eigenvalue weighted by molar-refractivity contribution is 7.90. The molecule has 10 nitrogen and oxygen atoms in total. The van der Waals surface area contributed by atoms with Gasteiger partial charge in [0.25, 0.3) is 0 Å². The molecule has 0 aliphatic carbocycles. The van der Waals surface area contributed by atoms with Crippen LogP contribution in [0.15, 0.2) is 5.16 Å². The van der Waals surface area contributed by atoms with Crippen molar-refractivity contribution in [2.75, 3.05) is 24.3 Å². The van der Waals surface area contributed by atoms with Crippen LogP contribution in [0, 0.1) is 5.82 Å². The molecule has 3 aliphatic heterocycles. The molecule has 1 amide bonds. The fourth-order valence-electron chi connectivity index (χ4n) is 4.80. The summed E-state index contributed by atoms with van der Waals surface area (Å²) in [5.74, 6) is -0.705. The Morgan fingerprint density at radius 2 is 1.94 bits per heavy atom. The second-order valence-corrected chi connectivity index (χ2v) is 11.8. The van der Waals surface area contributed by atoms with Gasteiger partial charge in [0.15, 0.2) is 11.0 Å². The molecule has 5 rings (SSSR count). The van der Waals surface area contributed by atoms with Crippen molar-refractivity contribution in [2.24, 2.45) is 0 Å². The summed E-state index contributed by atoms with van der Waals surface area (Å²) in [5.41, 5.74) is -0.913. The highest BCUT2D eigenvalue weighted by Crippen LogP contribution is 2.44. The molecule has 2 aromatic rings. The smallest absolute Gasteiger partial charge is 0.410 e. The molecular formula is C20H23ClFN5O5S. The highest BCUT2D eigenvalue weighted by atomic mass is 35.5. The summed E-state index contributed by atoms with van der Waals surface area (Å²) in [6, 6.07) is -0.822. The number of carbonyl (C=O) groups excluding carboxylic acids is 1. The lowest BCUT2D eigenvalue weighted by atomic mass is 10.0. The number of amides is 1. The van der Waals surface area contributed by atoms with Crippen molar-refractivity contribution in [1.29, 1.82) is 0 Å². The van der Waals surface area contributed by atoms with Crippen LogP contribution in [-0.2, 0) is 14.6 Å². The minimum atomic E-state index is -3.86. The second kappa shape index (κ2) is 7.26. The van der Waals surface area contributed by atoms with Gasteiger partial charge in [0.05, 0.1) is 18.1 Å². The fourth-order valence-corrected chi connectivity index (χ4v) is 5.48. The van der Waals surface area contributed by atoms with Crippen LogP contribution >= 0.6 is 11.6 Å². The van der Waals surface area contributed by atoms with E-state index in [4.69, 9.17) is 21.1 Å². The molecule has 0 spiro atoms. The van der Waals surface area contributed by atoms with Crippen molar-refractivity contribution in [3.8, 4) is 5.88 Å². The van der Waals surface area contributed by atoms with Crippen LogP contribution in [0.1, 0.15) is 33.6 Å². The predicted octanol–water partition coefficient (Wildman–Crippen LogP) is 2.57. The molecule has 2 saturated heterocycles. The largest absolute Gasteiger partial charge is 0.475 e. The van der Waals surface area contributed by atoms with Gasteiger partial charge < -0.3 is 14.4 Å². The summed E-state index contributed by atoms with van der Waals surface area (Å²) < 4.78 is 51.0. The Bertz CT molecular complexity index is 1280. The van der Waals surface area contributed by atoms with Crippen molar-refractivity contribution >= 4 is 44.3 Å². The van der Waals surface area contributed by atoms with Crippen LogP contribution < -0.4 is 9.64 Å². The van der Waals surface area contributed by atoms with E-state index < -0.39 is 37.7 Å². The summed E-state index contributed by atoms with van der Waals surface area (Å²) in [5, 5.41) is -0.824. The molecule has 2 bridgehead atoms. The van der Waals surface area contributed by atoms with E-state index in [9.17, 15) is 17.6 Å². The predicted molar refractivity (Wildman–Crippen MR) is 117 cm³/mol. The minimum Gasteiger partial charge on any atom is -0.475 e. The van der Waals surface area contributed by atoms with Crippen LogP contribution in [0.4, 0.5) is 15.0 Å². The lowest BCUT2D eigenvalue weighted by Crippen LogP contribution is -2.63. The van der Waals surface area contributed by atoms with Crippen molar-refractivity contribution < 1.29 is 27.1 Å². The number of sulfone groups is 1. The van der Waals surface area contributed by atoms with Crippen molar-refractivity contribution in [1.82, 2.24) is 19.9 Å². The quantitative estimate of drug-likeness (QED) is 0.431. The van der Waals surface area contributed by atoms with Crippen LogP contribution in [0.25, 0.3) is 10.9 Å². The lowest BCUT2D eigenvalue weighted by Gasteiger charge is -2.46. The SMILES string of the molecule is CC(C)(C)OC(=O)N1[C@@H]2CC[C@H]1[C@H]1COc3nc(Cl)c(F)c4nc(S(C)(=O)=O)nc(c34)N1C2. The lowest BCUT2D eigenvalue weighted by molar-refractivity contribution is 0.00539. The maximum Gasteiger partial charge on any atom is 0.410 e. The van der Waals surface area contributed by atoms with E-state index in [1.165, 1.54) is 0 Å². The summed E-state index contributed by atoms with van der Waals surface area (Å²) in [6.45, 7) is 5.89. The second-order valence-electron chi connectivity index (χ2n) is 9.56. The molecule has 2 aromatic heterocycles. The van der Waals surface area contributed by atoms with E-state index in [-0.39, 0.29) is 47.3 Å². The molecule has 13 heteroatoms. The zero-order valence-corrected chi connectivity index (χ0v) is 20.1. The first kappa shape index (κ1) is 22.3. The number of pyridine rings is 1. The maximum absolute atomic E-state index is 14.9. The van der Waals surface area contributed by atoms with Crippen LogP contribution in [0.3, 0.4) is 0 Å². The van der Waals surface area contributed by atoms with Gasteiger partial charge in [0.1, 0.15) is 28.9 Å². The summed E-state index contributed by atoms with van der Waals surface area (Å²) in [4.78, 5) is 28.9. The topological polar surface area (TPSA) is 115 Å². The number of anilines is 1. The van der Waals surface area contributed by atoms with Crippen LogP contribution in [-0.4, -0.2) is 77.5 Å². The van der Waals surface area contributed by atoms with Crippen molar-refractivity contribution in [3.05, 3.63) is 11.0 Å². The molecule has 3 aliphatic rings. The number of ether oxygens (including phenoxy) is 2. The first-order valence-electron chi connectivity index (χ1n) is 10.5. The number of nitrogens with zero attached hydrogens (tertiary/aromatic N) is 5. The third-order valence-electron chi connectivity index (χ3n) is 6.07. The average molecular weight is 500 g/mol. The molecule has 33 heavy (non-hydrogen) atoms. The monoisotopic (exact) mass is 499 g/mol. The summed E-state index contributed by atoms with van der Waals surface area (Å²) >= 11 is 5.95. The van der Waals surface area contributed by atoms with Gasteiger partial charge in [-0.2, -0.15) is 4.98 Å². The van der Waals surface area contributed by atoms with Gasteiger partial charge in [-0.05, 0) is 33.6 Å². The Morgan fingerprint density at radius 1 is 1.21 bits per heavy atom. The van der Waals surface area contributed by atoms with Gasteiger partial charge in [-0.1, -0.05) is 11.6 Å². The number of rotatable bonds is 1. The Morgan fingerprint density at radius 3 is 2.61 bits per heavy atom. The summed E-state index contributed by atoms with van der Waals surface area (Å²) in [7, 11) is -3.86. The van der Waals surface area contributed by atoms with E-state index in [2.05, 4.69) is 15.0 Å². The van der Waals surface area contributed by atoms with Crippen molar-refractivity contribution in [3.63, 3.8) is 0 Å². The highest BCUT2D eigenvalue weighted by Gasteiger charge is 2.51. The number of halogens is 2. The Kier molecular flexibility index (Phi) is 4.91. The van der Waals surface area contributed by atoms with Gasteiger partial charge in [-0.15, -0.1) is 0 Å². The zero-order chi connectivity index (χ0) is 23.9. The molecular weight excluding hydrogens is 477 g/mol. The molecule has 2 fully saturated rings.